The number of nitrogens with one attached hydrogen (secondary N) is 2. The van der Waals surface area contributed by atoms with Crippen LogP contribution in [0.4, 0.5) is 10.7 Å². The number of carbonyl (C=O) groups excluding carboxylic acids is 2. The van der Waals surface area contributed by atoms with Crippen LogP contribution >= 0.6 is 11.3 Å². The second-order valence-electron chi connectivity index (χ2n) is 6.80. The predicted molar refractivity (Wildman–Crippen MR) is 97.9 cm³/mol. The Balaban J connectivity index is 2.17. The Labute approximate surface area is 145 Å². The van der Waals surface area contributed by atoms with Gasteiger partial charge in [-0.05, 0) is 43.2 Å². The molecule has 2 aromatic rings. The summed E-state index contributed by atoms with van der Waals surface area (Å²) >= 11 is 1.21. The maximum Gasteiger partial charge on any atom is 0.266 e. The molecule has 0 spiro atoms. The van der Waals surface area contributed by atoms with Crippen LogP contribution in [-0.4, -0.2) is 16.9 Å². The van der Waals surface area contributed by atoms with Crippen LogP contribution < -0.4 is 10.6 Å². The van der Waals surface area contributed by atoms with Crippen LogP contribution in [0.5, 0.6) is 5.75 Å². The Morgan fingerprint density at radius 1 is 1.08 bits per heavy atom. The fraction of sp³-hybridized carbons (Fsp3) is 0.333. The third-order valence-corrected chi connectivity index (χ3v) is 4.59. The van der Waals surface area contributed by atoms with Crippen LogP contribution in [-0.2, 0) is 4.79 Å². The fourth-order valence-corrected chi connectivity index (χ4v) is 2.96. The lowest BCUT2D eigenvalue weighted by Crippen LogP contribution is -2.27. The highest BCUT2D eigenvalue weighted by atomic mass is 32.1. The lowest BCUT2D eigenvalue weighted by Gasteiger charge is -2.16. The summed E-state index contributed by atoms with van der Waals surface area (Å²) in [6.45, 7) is 9.16. The summed E-state index contributed by atoms with van der Waals surface area (Å²) < 4.78 is 0. The molecule has 0 atom stereocenters. The monoisotopic (exact) mass is 346 g/mol. The highest BCUT2D eigenvalue weighted by molar-refractivity contribution is 7.18. The molecule has 5 nitrogen and oxygen atoms in total. The summed E-state index contributed by atoms with van der Waals surface area (Å²) in [6.07, 6.45) is 0. The van der Waals surface area contributed by atoms with Crippen molar-refractivity contribution in [3.63, 3.8) is 0 Å². The van der Waals surface area contributed by atoms with E-state index in [1.165, 1.54) is 11.3 Å². The molecule has 0 fully saturated rings. The van der Waals surface area contributed by atoms with Crippen molar-refractivity contribution in [2.75, 3.05) is 10.6 Å². The number of phenols is 1. The smallest absolute Gasteiger partial charge is 0.266 e. The zero-order valence-electron chi connectivity index (χ0n) is 14.5. The number of rotatable bonds is 3. The molecule has 0 saturated carbocycles. The Kier molecular flexibility index (Phi) is 4.99. The van der Waals surface area contributed by atoms with Gasteiger partial charge in [-0.2, -0.15) is 0 Å². The second kappa shape index (κ2) is 6.65. The molecule has 0 unspecified atom stereocenters. The average molecular weight is 346 g/mol. The SMILES string of the molecule is Cc1ccc(NC(=O)c2sc(NC(=O)C(C)(C)C)cc2C)c(O)c1. The molecule has 0 aliphatic carbocycles. The Bertz CT molecular complexity index is 788. The first-order valence-electron chi connectivity index (χ1n) is 7.61. The van der Waals surface area contributed by atoms with Crippen LogP contribution in [0.15, 0.2) is 24.3 Å². The van der Waals surface area contributed by atoms with E-state index in [0.29, 0.717) is 15.6 Å². The molecule has 2 rings (SSSR count). The van der Waals surface area contributed by atoms with Crippen molar-refractivity contribution in [2.24, 2.45) is 5.41 Å². The number of benzene rings is 1. The van der Waals surface area contributed by atoms with Crippen LogP contribution in [0, 0.1) is 19.3 Å². The molecule has 2 amide bonds. The molecular formula is C18H22N2O3S. The number of aryl methyl sites for hydroxylation is 2. The normalized spacial score (nSPS) is 11.2. The van der Waals surface area contributed by atoms with Gasteiger partial charge in [0, 0.05) is 5.41 Å². The molecule has 1 aromatic carbocycles. The topological polar surface area (TPSA) is 78.4 Å². The number of aromatic hydroxyl groups is 1. The number of carbonyl (C=O) groups is 2. The first-order chi connectivity index (χ1) is 11.1. The van der Waals surface area contributed by atoms with Crippen LogP contribution in [0.1, 0.15) is 41.6 Å². The zero-order valence-corrected chi connectivity index (χ0v) is 15.3. The largest absolute Gasteiger partial charge is 0.506 e. The van der Waals surface area contributed by atoms with Gasteiger partial charge in [0.1, 0.15) is 5.75 Å². The van der Waals surface area contributed by atoms with Gasteiger partial charge in [0.25, 0.3) is 5.91 Å². The fourth-order valence-electron chi connectivity index (χ4n) is 1.99. The molecule has 0 radical (unpaired) electrons. The standard InChI is InChI=1S/C18H22N2O3S/c1-10-6-7-12(13(21)8-10)19-16(22)15-11(2)9-14(24-15)20-17(23)18(3,4)5/h6-9,21H,1-5H3,(H,19,22)(H,20,23). The van der Waals surface area contributed by atoms with Gasteiger partial charge in [0.2, 0.25) is 5.91 Å². The number of phenolic OH excluding ortho intramolecular Hbond substituents is 1. The zero-order chi connectivity index (χ0) is 18.1. The van der Waals surface area contributed by atoms with Gasteiger partial charge in [-0.25, -0.2) is 0 Å². The van der Waals surface area contributed by atoms with E-state index in [1.807, 2.05) is 40.7 Å². The van der Waals surface area contributed by atoms with Crippen molar-refractivity contribution in [1.82, 2.24) is 0 Å². The lowest BCUT2D eigenvalue weighted by molar-refractivity contribution is -0.123. The number of anilines is 2. The molecule has 0 aliphatic heterocycles. The molecule has 1 aromatic heterocycles. The van der Waals surface area contributed by atoms with Gasteiger partial charge < -0.3 is 15.7 Å². The van der Waals surface area contributed by atoms with Crippen molar-refractivity contribution in [3.8, 4) is 5.75 Å². The number of hydrogen-bond acceptors (Lipinski definition) is 4. The summed E-state index contributed by atoms with van der Waals surface area (Å²) in [4.78, 5) is 25.0. The summed E-state index contributed by atoms with van der Waals surface area (Å²) in [5.74, 6) is -0.390. The summed E-state index contributed by atoms with van der Waals surface area (Å²) in [7, 11) is 0. The summed E-state index contributed by atoms with van der Waals surface area (Å²) in [6, 6.07) is 6.84. The summed E-state index contributed by atoms with van der Waals surface area (Å²) in [5.41, 5.74) is 1.53. The lowest BCUT2D eigenvalue weighted by atomic mass is 9.96. The average Bonchev–Trinajstić information content (AvgIpc) is 2.81. The molecule has 1 heterocycles. The first-order valence-corrected chi connectivity index (χ1v) is 8.42. The Morgan fingerprint density at radius 2 is 1.75 bits per heavy atom. The number of thiophene rings is 1. The van der Waals surface area contributed by atoms with E-state index in [4.69, 9.17) is 0 Å². The maximum absolute atomic E-state index is 12.4. The van der Waals surface area contributed by atoms with Crippen molar-refractivity contribution < 1.29 is 14.7 Å². The van der Waals surface area contributed by atoms with Gasteiger partial charge in [-0.3, -0.25) is 9.59 Å². The van der Waals surface area contributed by atoms with Crippen molar-refractivity contribution in [1.29, 1.82) is 0 Å². The molecule has 0 bridgehead atoms. The molecule has 128 valence electrons. The Hall–Kier alpha value is -2.34. The van der Waals surface area contributed by atoms with Gasteiger partial charge in [0.05, 0.1) is 15.6 Å². The van der Waals surface area contributed by atoms with Gasteiger partial charge in [0.15, 0.2) is 0 Å². The maximum atomic E-state index is 12.4. The molecule has 24 heavy (non-hydrogen) atoms. The molecule has 6 heteroatoms. The van der Waals surface area contributed by atoms with Gasteiger partial charge in [-0.15, -0.1) is 11.3 Å². The van der Waals surface area contributed by atoms with Crippen LogP contribution in [0.25, 0.3) is 0 Å². The highest BCUT2D eigenvalue weighted by Gasteiger charge is 2.23. The van der Waals surface area contributed by atoms with Crippen molar-refractivity contribution in [2.45, 2.75) is 34.6 Å². The second-order valence-corrected chi connectivity index (χ2v) is 7.85. The van der Waals surface area contributed by atoms with Crippen molar-refractivity contribution in [3.05, 3.63) is 40.3 Å². The van der Waals surface area contributed by atoms with E-state index in [-0.39, 0.29) is 17.6 Å². The van der Waals surface area contributed by atoms with E-state index in [9.17, 15) is 14.7 Å². The number of amides is 2. The quantitative estimate of drug-likeness (QED) is 0.725. The van der Waals surface area contributed by atoms with E-state index < -0.39 is 5.41 Å². The molecule has 0 aliphatic rings. The third-order valence-electron chi connectivity index (χ3n) is 3.44. The summed E-state index contributed by atoms with van der Waals surface area (Å²) in [5, 5.41) is 16.1. The predicted octanol–water partition coefficient (Wildman–Crippen LogP) is 4.31. The first kappa shape index (κ1) is 18.0. The van der Waals surface area contributed by atoms with Gasteiger partial charge >= 0.3 is 0 Å². The van der Waals surface area contributed by atoms with Gasteiger partial charge in [-0.1, -0.05) is 26.8 Å². The highest BCUT2D eigenvalue weighted by Crippen LogP contribution is 2.30. The molecule has 0 saturated heterocycles. The van der Waals surface area contributed by atoms with E-state index in [2.05, 4.69) is 10.6 Å². The molecule has 3 N–H and O–H groups in total. The minimum atomic E-state index is -0.506. The van der Waals surface area contributed by atoms with E-state index >= 15 is 0 Å². The minimum absolute atomic E-state index is 0.0267. The van der Waals surface area contributed by atoms with Crippen LogP contribution in [0.2, 0.25) is 0 Å². The number of hydrogen-bond donors (Lipinski definition) is 3. The van der Waals surface area contributed by atoms with Crippen molar-refractivity contribution >= 4 is 33.8 Å². The minimum Gasteiger partial charge on any atom is -0.506 e. The van der Waals surface area contributed by atoms with E-state index in [1.54, 1.807) is 18.2 Å². The Morgan fingerprint density at radius 3 is 2.33 bits per heavy atom. The van der Waals surface area contributed by atoms with Crippen LogP contribution in [0.3, 0.4) is 0 Å². The molecular weight excluding hydrogens is 324 g/mol. The third kappa shape index (κ3) is 4.14. The van der Waals surface area contributed by atoms with E-state index in [0.717, 1.165) is 11.1 Å².